The molecular weight excluding hydrogens is 216 g/mol. The second-order valence-electron chi connectivity index (χ2n) is 5.83. The lowest BCUT2D eigenvalue weighted by Crippen LogP contribution is -2.50. The SMILES string of the molecule is CN(C)C1CCN(CC(C)(C)C(=O)NN)CC1. The number of carbonyl (C=O) groups is 1. The first-order chi connectivity index (χ1) is 7.86. The van der Waals surface area contributed by atoms with Crippen LogP contribution < -0.4 is 11.3 Å². The van der Waals surface area contributed by atoms with Crippen molar-refractivity contribution in [2.24, 2.45) is 11.3 Å². The van der Waals surface area contributed by atoms with E-state index in [0.717, 1.165) is 19.6 Å². The maximum atomic E-state index is 11.6. The predicted octanol–water partition coefficient (Wildman–Crippen LogP) is 0.0285. The summed E-state index contributed by atoms with van der Waals surface area (Å²) < 4.78 is 0. The minimum Gasteiger partial charge on any atom is -0.306 e. The summed E-state index contributed by atoms with van der Waals surface area (Å²) in [5.74, 6) is 5.11. The topological polar surface area (TPSA) is 61.6 Å². The van der Waals surface area contributed by atoms with Gasteiger partial charge in [0.05, 0.1) is 5.41 Å². The summed E-state index contributed by atoms with van der Waals surface area (Å²) in [4.78, 5) is 16.3. The normalized spacial score (nSPS) is 19.6. The zero-order valence-electron chi connectivity index (χ0n) is 11.5. The van der Waals surface area contributed by atoms with E-state index in [9.17, 15) is 4.79 Å². The average molecular weight is 242 g/mol. The Bertz CT molecular complexity index is 257. The van der Waals surface area contributed by atoms with Gasteiger partial charge in [-0.2, -0.15) is 0 Å². The molecule has 1 aliphatic heterocycles. The van der Waals surface area contributed by atoms with Crippen molar-refractivity contribution in [2.75, 3.05) is 33.7 Å². The molecule has 0 bridgehead atoms. The quantitative estimate of drug-likeness (QED) is 0.415. The van der Waals surface area contributed by atoms with Crippen LogP contribution in [0.1, 0.15) is 26.7 Å². The van der Waals surface area contributed by atoms with E-state index in [1.165, 1.54) is 12.8 Å². The van der Waals surface area contributed by atoms with Crippen LogP contribution in [0.5, 0.6) is 0 Å². The summed E-state index contributed by atoms with van der Waals surface area (Å²) in [6.07, 6.45) is 2.35. The molecular formula is C12H26N4O. The monoisotopic (exact) mass is 242 g/mol. The van der Waals surface area contributed by atoms with Crippen molar-refractivity contribution in [3.05, 3.63) is 0 Å². The van der Waals surface area contributed by atoms with E-state index < -0.39 is 5.41 Å². The van der Waals surface area contributed by atoms with Gasteiger partial charge in [0.2, 0.25) is 5.91 Å². The van der Waals surface area contributed by atoms with Crippen LogP contribution in [0, 0.1) is 5.41 Å². The molecule has 0 atom stereocenters. The summed E-state index contributed by atoms with van der Waals surface area (Å²) in [5.41, 5.74) is 1.83. The van der Waals surface area contributed by atoms with Crippen LogP contribution in [0.4, 0.5) is 0 Å². The van der Waals surface area contributed by atoms with E-state index in [-0.39, 0.29) is 5.91 Å². The van der Waals surface area contributed by atoms with Crippen LogP contribution in [0.15, 0.2) is 0 Å². The summed E-state index contributed by atoms with van der Waals surface area (Å²) in [6.45, 7) is 6.77. The largest absolute Gasteiger partial charge is 0.306 e. The first kappa shape index (κ1) is 14.4. The second kappa shape index (κ2) is 5.80. The molecule has 1 amide bonds. The minimum absolute atomic E-state index is 0.0905. The highest BCUT2D eigenvalue weighted by atomic mass is 16.2. The third-order valence-electron chi connectivity index (χ3n) is 3.65. The zero-order valence-corrected chi connectivity index (χ0v) is 11.5. The number of hydrogen-bond acceptors (Lipinski definition) is 4. The van der Waals surface area contributed by atoms with Gasteiger partial charge in [-0.15, -0.1) is 0 Å². The van der Waals surface area contributed by atoms with Gasteiger partial charge in [-0.1, -0.05) is 0 Å². The van der Waals surface area contributed by atoms with Gasteiger partial charge < -0.3 is 9.80 Å². The average Bonchev–Trinajstić information content (AvgIpc) is 2.28. The van der Waals surface area contributed by atoms with Crippen LogP contribution in [-0.2, 0) is 4.79 Å². The molecule has 1 rings (SSSR count). The molecule has 1 fully saturated rings. The van der Waals surface area contributed by atoms with Gasteiger partial charge in [0.1, 0.15) is 0 Å². The number of nitrogens with zero attached hydrogens (tertiary/aromatic N) is 2. The van der Waals surface area contributed by atoms with E-state index in [0.29, 0.717) is 6.04 Å². The van der Waals surface area contributed by atoms with E-state index >= 15 is 0 Å². The van der Waals surface area contributed by atoms with E-state index in [1.807, 2.05) is 13.8 Å². The zero-order chi connectivity index (χ0) is 13.1. The molecule has 0 saturated carbocycles. The Morgan fingerprint density at radius 3 is 2.35 bits per heavy atom. The number of hydrazine groups is 1. The highest BCUT2D eigenvalue weighted by Gasteiger charge is 2.31. The standard InChI is InChI=1S/C12H26N4O/c1-12(2,11(17)14-13)9-16-7-5-10(6-8-16)15(3)4/h10H,5-9,13H2,1-4H3,(H,14,17). The highest BCUT2D eigenvalue weighted by Crippen LogP contribution is 2.21. The smallest absolute Gasteiger partial charge is 0.240 e. The number of nitrogens with two attached hydrogens (primary N) is 1. The van der Waals surface area contributed by atoms with Crippen molar-refractivity contribution in [2.45, 2.75) is 32.7 Å². The molecule has 5 heteroatoms. The molecule has 0 aliphatic carbocycles. The summed E-state index contributed by atoms with van der Waals surface area (Å²) in [7, 11) is 4.26. The van der Waals surface area contributed by atoms with Gasteiger partial charge in [-0.25, -0.2) is 5.84 Å². The molecule has 3 N–H and O–H groups in total. The molecule has 0 aromatic carbocycles. The fraction of sp³-hybridized carbons (Fsp3) is 0.917. The molecule has 0 aromatic heterocycles. The van der Waals surface area contributed by atoms with Crippen molar-refractivity contribution >= 4 is 5.91 Å². The third-order valence-corrected chi connectivity index (χ3v) is 3.65. The van der Waals surface area contributed by atoms with Crippen LogP contribution in [-0.4, -0.2) is 55.5 Å². The van der Waals surface area contributed by atoms with Crippen molar-refractivity contribution in [3.8, 4) is 0 Å². The molecule has 1 saturated heterocycles. The Hall–Kier alpha value is -0.650. The Morgan fingerprint density at radius 1 is 1.41 bits per heavy atom. The third kappa shape index (κ3) is 3.94. The van der Waals surface area contributed by atoms with E-state index in [2.05, 4.69) is 29.3 Å². The van der Waals surface area contributed by atoms with Crippen LogP contribution in [0.25, 0.3) is 0 Å². The summed E-state index contributed by atoms with van der Waals surface area (Å²) >= 11 is 0. The van der Waals surface area contributed by atoms with E-state index in [4.69, 9.17) is 5.84 Å². The Kier molecular flexibility index (Phi) is 4.91. The lowest BCUT2D eigenvalue weighted by atomic mass is 9.90. The highest BCUT2D eigenvalue weighted by molar-refractivity contribution is 5.81. The van der Waals surface area contributed by atoms with Gasteiger partial charge >= 0.3 is 0 Å². The number of rotatable bonds is 4. The molecule has 5 nitrogen and oxygen atoms in total. The number of hydrogen-bond donors (Lipinski definition) is 2. The number of amides is 1. The van der Waals surface area contributed by atoms with Crippen molar-refractivity contribution in [1.29, 1.82) is 0 Å². The maximum Gasteiger partial charge on any atom is 0.240 e. The lowest BCUT2D eigenvalue weighted by molar-refractivity contribution is -0.130. The van der Waals surface area contributed by atoms with Gasteiger partial charge in [0.15, 0.2) is 0 Å². The molecule has 0 radical (unpaired) electrons. The van der Waals surface area contributed by atoms with Crippen molar-refractivity contribution < 1.29 is 4.79 Å². The van der Waals surface area contributed by atoms with Crippen LogP contribution in [0.2, 0.25) is 0 Å². The predicted molar refractivity (Wildman–Crippen MR) is 69.3 cm³/mol. The Labute approximate surface area is 104 Å². The lowest BCUT2D eigenvalue weighted by Gasteiger charge is -2.38. The van der Waals surface area contributed by atoms with Crippen LogP contribution in [0.3, 0.4) is 0 Å². The first-order valence-corrected chi connectivity index (χ1v) is 6.26. The van der Waals surface area contributed by atoms with Crippen molar-refractivity contribution in [1.82, 2.24) is 15.2 Å². The molecule has 100 valence electrons. The number of likely N-dealkylation sites (tertiary alicyclic amines) is 1. The molecule has 0 unspecified atom stereocenters. The van der Waals surface area contributed by atoms with Gasteiger partial charge in [-0.3, -0.25) is 10.2 Å². The fourth-order valence-corrected chi connectivity index (χ4v) is 2.42. The number of piperidine rings is 1. The second-order valence-corrected chi connectivity index (χ2v) is 5.83. The summed E-state index contributed by atoms with van der Waals surface area (Å²) in [5, 5.41) is 0. The first-order valence-electron chi connectivity index (χ1n) is 6.26. The molecule has 0 aromatic rings. The maximum absolute atomic E-state index is 11.6. The fourth-order valence-electron chi connectivity index (χ4n) is 2.42. The molecule has 1 heterocycles. The minimum atomic E-state index is -0.417. The van der Waals surface area contributed by atoms with Crippen molar-refractivity contribution in [3.63, 3.8) is 0 Å². The number of carbonyl (C=O) groups excluding carboxylic acids is 1. The van der Waals surface area contributed by atoms with Crippen LogP contribution >= 0.6 is 0 Å². The molecule has 17 heavy (non-hydrogen) atoms. The molecule has 0 spiro atoms. The van der Waals surface area contributed by atoms with Gasteiger partial charge in [0.25, 0.3) is 0 Å². The Balaban J connectivity index is 2.42. The Morgan fingerprint density at radius 2 is 1.94 bits per heavy atom. The van der Waals surface area contributed by atoms with E-state index in [1.54, 1.807) is 0 Å². The van der Waals surface area contributed by atoms with Gasteiger partial charge in [-0.05, 0) is 53.9 Å². The van der Waals surface area contributed by atoms with Gasteiger partial charge in [0, 0.05) is 12.6 Å². The number of nitrogens with one attached hydrogen (secondary N) is 1. The summed E-state index contributed by atoms with van der Waals surface area (Å²) in [6, 6.07) is 0.678. The molecule has 1 aliphatic rings.